The SMILES string of the molecule is CC(=O)Nc1ccc(S(=O)(=O)N/N=C/c2ccc3c(c2)OCO3)cc1. The molecule has 0 bridgehead atoms. The van der Waals surface area contributed by atoms with E-state index in [1.165, 1.54) is 37.4 Å². The summed E-state index contributed by atoms with van der Waals surface area (Å²) in [6.07, 6.45) is 1.37. The van der Waals surface area contributed by atoms with Crippen molar-refractivity contribution in [2.75, 3.05) is 12.1 Å². The number of sulfonamides is 1. The van der Waals surface area contributed by atoms with E-state index in [4.69, 9.17) is 9.47 Å². The highest BCUT2D eigenvalue weighted by Crippen LogP contribution is 2.31. The quantitative estimate of drug-likeness (QED) is 0.623. The third-order valence-corrected chi connectivity index (χ3v) is 4.51. The van der Waals surface area contributed by atoms with Crippen LogP contribution in [-0.4, -0.2) is 27.3 Å². The number of hydrogen-bond donors (Lipinski definition) is 2. The summed E-state index contributed by atoms with van der Waals surface area (Å²) in [5, 5.41) is 6.32. The number of ether oxygens (including phenoxy) is 2. The Morgan fingerprint density at radius 1 is 1.12 bits per heavy atom. The van der Waals surface area contributed by atoms with E-state index in [2.05, 4.69) is 15.2 Å². The maximum atomic E-state index is 12.2. The van der Waals surface area contributed by atoms with Gasteiger partial charge < -0.3 is 14.8 Å². The molecule has 0 aliphatic carbocycles. The van der Waals surface area contributed by atoms with Gasteiger partial charge in [-0.2, -0.15) is 13.5 Å². The molecule has 2 aromatic carbocycles. The van der Waals surface area contributed by atoms with Crippen LogP contribution in [0.5, 0.6) is 11.5 Å². The molecule has 0 aromatic heterocycles. The zero-order valence-corrected chi connectivity index (χ0v) is 14.0. The first kappa shape index (κ1) is 16.8. The molecule has 0 saturated carbocycles. The fourth-order valence-electron chi connectivity index (χ4n) is 2.14. The fourth-order valence-corrected chi connectivity index (χ4v) is 2.93. The van der Waals surface area contributed by atoms with Gasteiger partial charge in [-0.25, -0.2) is 4.83 Å². The van der Waals surface area contributed by atoms with Crippen molar-refractivity contribution in [3.05, 3.63) is 48.0 Å². The Morgan fingerprint density at radius 3 is 2.56 bits per heavy atom. The summed E-state index contributed by atoms with van der Waals surface area (Å²) in [5.41, 5.74) is 1.17. The first-order chi connectivity index (χ1) is 11.9. The smallest absolute Gasteiger partial charge is 0.276 e. The van der Waals surface area contributed by atoms with Gasteiger partial charge in [-0.1, -0.05) is 0 Å². The van der Waals surface area contributed by atoms with Gasteiger partial charge in [0.15, 0.2) is 11.5 Å². The molecule has 0 saturated heterocycles. The lowest BCUT2D eigenvalue weighted by Crippen LogP contribution is -2.18. The van der Waals surface area contributed by atoms with Gasteiger partial charge in [0, 0.05) is 12.6 Å². The van der Waals surface area contributed by atoms with Gasteiger partial charge in [0.1, 0.15) is 0 Å². The van der Waals surface area contributed by atoms with Gasteiger partial charge >= 0.3 is 0 Å². The zero-order valence-electron chi connectivity index (χ0n) is 13.2. The minimum absolute atomic E-state index is 0.0319. The van der Waals surface area contributed by atoms with Crippen molar-refractivity contribution < 1.29 is 22.7 Å². The fraction of sp³-hybridized carbons (Fsp3) is 0.125. The Labute approximate surface area is 144 Å². The van der Waals surface area contributed by atoms with Gasteiger partial charge in [-0.05, 0) is 48.0 Å². The molecule has 0 spiro atoms. The number of benzene rings is 2. The average Bonchev–Trinajstić information content (AvgIpc) is 3.02. The van der Waals surface area contributed by atoms with Crippen molar-refractivity contribution >= 4 is 27.8 Å². The number of hydrogen-bond acceptors (Lipinski definition) is 6. The predicted octanol–water partition coefficient (Wildman–Crippen LogP) is 1.69. The second kappa shape index (κ2) is 6.81. The van der Waals surface area contributed by atoms with Crippen LogP contribution in [-0.2, 0) is 14.8 Å². The molecular formula is C16H15N3O5S. The number of hydrazone groups is 1. The maximum absolute atomic E-state index is 12.2. The van der Waals surface area contributed by atoms with Crippen molar-refractivity contribution in [3.63, 3.8) is 0 Å². The van der Waals surface area contributed by atoms with Crippen LogP contribution in [0.15, 0.2) is 52.5 Å². The normalized spacial score (nSPS) is 13.0. The Bertz CT molecular complexity index is 923. The third kappa shape index (κ3) is 4.07. The van der Waals surface area contributed by atoms with Gasteiger partial charge in [0.05, 0.1) is 11.1 Å². The van der Waals surface area contributed by atoms with Gasteiger partial charge in [-0.3, -0.25) is 4.79 Å². The molecule has 2 aromatic rings. The van der Waals surface area contributed by atoms with Crippen LogP contribution in [0, 0.1) is 0 Å². The van der Waals surface area contributed by atoms with Crippen LogP contribution >= 0.6 is 0 Å². The highest BCUT2D eigenvalue weighted by molar-refractivity contribution is 7.89. The summed E-state index contributed by atoms with van der Waals surface area (Å²) < 4.78 is 34.8. The average molecular weight is 361 g/mol. The molecule has 8 nitrogen and oxygen atoms in total. The summed E-state index contributed by atoms with van der Waals surface area (Å²) in [7, 11) is -3.80. The Balaban J connectivity index is 1.68. The highest BCUT2D eigenvalue weighted by Gasteiger charge is 2.14. The molecule has 1 aliphatic rings. The number of anilines is 1. The molecule has 1 aliphatic heterocycles. The van der Waals surface area contributed by atoms with E-state index >= 15 is 0 Å². The molecule has 1 heterocycles. The van der Waals surface area contributed by atoms with E-state index in [0.717, 1.165) is 0 Å². The molecule has 25 heavy (non-hydrogen) atoms. The number of nitrogens with zero attached hydrogens (tertiary/aromatic N) is 1. The number of nitrogens with one attached hydrogen (secondary N) is 2. The molecule has 0 radical (unpaired) electrons. The summed E-state index contributed by atoms with van der Waals surface area (Å²) in [5.74, 6) is 0.986. The van der Waals surface area contributed by atoms with Crippen molar-refractivity contribution in [3.8, 4) is 11.5 Å². The van der Waals surface area contributed by atoms with Crippen LogP contribution in [0.25, 0.3) is 0 Å². The van der Waals surface area contributed by atoms with Gasteiger partial charge in [0.25, 0.3) is 10.0 Å². The van der Waals surface area contributed by atoms with Crippen LogP contribution in [0.1, 0.15) is 12.5 Å². The standard InChI is InChI=1S/C16H15N3O5S/c1-11(20)18-13-3-5-14(6-4-13)25(21,22)19-17-9-12-2-7-15-16(8-12)24-10-23-15/h2-9,19H,10H2,1H3,(H,18,20)/b17-9+. The summed E-state index contributed by atoms with van der Waals surface area (Å²) in [6.45, 7) is 1.54. The summed E-state index contributed by atoms with van der Waals surface area (Å²) in [6, 6.07) is 10.9. The van der Waals surface area contributed by atoms with Gasteiger partial charge in [-0.15, -0.1) is 0 Å². The van der Waals surface area contributed by atoms with Crippen LogP contribution in [0.3, 0.4) is 0 Å². The van der Waals surface area contributed by atoms with E-state index in [9.17, 15) is 13.2 Å². The van der Waals surface area contributed by atoms with Crippen LogP contribution in [0.4, 0.5) is 5.69 Å². The minimum atomic E-state index is -3.80. The van der Waals surface area contributed by atoms with E-state index in [0.29, 0.717) is 22.7 Å². The Kier molecular flexibility index (Phi) is 4.57. The lowest BCUT2D eigenvalue weighted by atomic mass is 10.2. The molecule has 9 heteroatoms. The molecular weight excluding hydrogens is 346 g/mol. The second-order valence-electron chi connectivity index (χ2n) is 5.17. The minimum Gasteiger partial charge on any atom is -0.454 e. The number of carbonyl (C=O) groups is 1. The summed E-state index contributed by atoms with van der Waals surface area (Å²) in [4.78, 5) is 13.1. The predicted molar refractivity (Wildman–Crippen MR) is 91.2 cm³/mol. The molecule has 2 N–H and O–H groups in total. The number of amides is 1. The topological polar surface area (TPSA) is 106 Å². The Morgan fingerprint density at radius 2 is 1.84 bits per heavy atom. The van der Waals surface area contributed by atoms with Crippen molar-refractivity contribution in [2.45, 2.75) is 11.8 Å². The van der Waals surface area contributed by atoms with Crippen molar-refractivity contribution in [1.29, 1.82) is 0 Å². The van der Waals surface area contributed by atoms with E-state index < -0.39 is 10.0 Å². The van der Waals surface area contributed by atoms with E-state index in [-0.39, 0.29) is 17.6 Å². The molecule has 0 unspecified atom stereocenters. The number of carbonyl (C=O) groups excluding carboxylic acids is 1. The molecule has 0 fully saturated rings. The highest BCUT2D eigenvalue weighted by atomic mass is 32.2. The first-order valence-corrected chi connectivity index (χ1v) is 8.74. The maximum Gasteiger partial charge on any atom is 0.276 e. The van der Waals surface area contributed by atoms with Crippen LogP contribution in [0.2, 0.25) is 0 Å². The third-order valence-electron chi connectivity index (χ3n) is 3.27. The molecule has 1 amide bonds. The lowest BCUT2D eigenvalue weighted by Gasteiger charge is -2.05. The van der Waals surface area contributed by atoms with Crippen LogP contribution < -0.4 is 19.6 Å². The summed E-state index contributed by atoms with van der Waals surface area (Å²) >= 11 is 0. The Hall–Kier alpha value is -3.07. The molecule has 3 rings (SSSR count). The monoisotopic (exact) mass is 361 g/mol. The number of rotatable bonds is 5. The van der Waals surface area contributed by atoms with Crippen molar-refractivity contribution in [2.24, 2.45) is 5.10 Å². The van der Waals surface area contributed by atoms with Gasteiger partial charge in [0.2, 0.25) is 12.7 Å². The first-order valence-electron chi connectivity index (χ1n) is 7.26. The molecule has 130 valence electrons. The zero-order chi connectivity index (χ0) is 17.9. The second-order valence-corrected chi connectivity index (χ2v) is 6.83. The van der Waals surface area contributed by atoms with E-state index in [1.807, 2.05) is 0 Å². The van der Waals surface area contributed by atoms with E-state index in [1.54, 1.807) is 18.2 Å². The van der Waals surface area contributed by atoms with Crippen molar-refractivity contribution in [1.82, 2.24) is 4.83 Å². The lowest BCUT2D eigenvalue weighted by molar-refractivity contribution is -0.114. The largest absolute Gasteiger partial charge is 0.454 e. The number of fused-ring (bicyclic) bond motifs is 1. The molecule has 0 atom stereocenters.